The van der Waals surface area contributed by atoms with Crippen molar-refractivity contribution < 1.29 is 0 Å². The van der Waals surface area contributed by atoms with Crippen LogP contribution in [0.25, 0.3) is 0 Å². The number of nitrogens with one attached hydrogen (secondary N) is 1. The molecule has 1 N–H and O–H groups in total. The maximum atomic E-state index is 5.96. The summed E-state index contributed by atoms with van der Waals surface area (Å²) in [5.74, 6) is 0. The minimum absolute atomic E-state index is 0.514. The second kappa shape index (κ2) is 6.93. The van der Waals surface area contributed by atoms with Crippen molar-refractivity contribution in [1.29, 1.82) is 0 Å². The van der Waals surface area contributed by atoms with Gasteiger partial charge < -0.3 is 5.32 Å². The van der Waals surface area contributed by atoms with E-state index < -0.39 is 0 Å². The maximum absolute atomic E-state index is 5.96. The molecule has 0 amide bonds. The second-order valence-corrected chi connectivity index (χ2v) is 6.22. The summed E-state index contributed by atoms with van der Waals surface area (Å²) >= 11 is 7.64. The van der Waals surface area contributed by atoms with E-state index in [4.69, 9.17) is 11.6 Å². The number of aryl methyl sites for hydroxylation is 1. The third-order valence-electron chi connectivity index (χ3n) is 3.11. The normalized spacial score (nSPS) is 12.6. The van der Waals surface area contributed by atoms with Gasteiger partial charge in [0, 0.05) is 10.9 Å². The Labute approximate surface area is 118 Å². The second-order valence-electron chi connectivity index (χ2n) is 4.42. The van der Waals surface area contributed by atoms with E-state index in [9.17, 15) is 0 Å². The molecule has 1 aromatic carbocycles. The molecule has 1 aromatic heterocycles. The Morgan fingerprint density at radius 1 is 1.17 bits per heavy atom. The van der Waals surface area contributed by atoms with E-state index in [0.29, 0.717) is 6.04 Å². The average molecular weight is 280 g/mol. The Hall–Kier alpha value is -0.830. The maximum Gasteiger partial charge on any atom is 0.0931 e. The molecule has 2 aromatic rings. The van der Waals surface area contributed by atoms with Crippen LogP contribution in [0.15, 0.2) is 42.5 Å². The molecule has 1 unspecified atom stereocenters. The molecule has 18 heavy (non-hydrogen) atoms. The van der Waals surface area contributed by atoms with Gasteiger partial charge in [0.15, 0.2) is 0 Å². The Bertz CT molecular complexity index is 466. The van der Waals surface area contributed by atoms with Crippen LogP contribution in [-0.4, -0.2) is 13.1 Å². The fourth-order valence-corrected chi connectivity index (χ4v) is 3.21. The van der Waals surface area contributed by atoms with Crippen LogP contribution in [0.1, 0.15) is 16.9 Å². The lowest BCUT2D eigenvalue weighted by Crippen LogP contribution is -2.27. The first-order chi connectivity index (χ1) is 8.78. The molecule has 0 bridgehead atoms. The van der Waals surface area contributed by atoms with E-state index >= 15 is 0 Å². The quantitative estimate of drug-likeness (QED) is 0.837. The summed E-state index contributed by atoms with van der Waals surface area (Å²) in [6, 6.07) is 15.3. The van der Waals surface area contributed by atoms with Crippen LogP contribution < -0.4 is 5.32 Å². The number of halogens is 1. The smallest absolute Gasteiger partial charge is 0.0931 e. The molecule has 1 nitrogen and oxygen atoms in total. The highest BCUT2D eigenvalue weighted by Gasteiger charge is 2.09. The van der Waals surface area contributed by atoms with Crippen molar-refractivity contribution in [3.05, 3.63) is 57.2 Å². The molecule has 0 radical (unpaired) electrons. The fraction of sp³-hybridized carbons (Fsp3) is 0.333. The lowest BCUT2D eigenvalue weighted by molar-refractivity contribution is 0.523. The molecular formula is C15H18ClNS. The summed E-state index contributed by atoms with van der Waals surface area (Å²) in [4.78, 5) is 1.35. The molecule has 96 valence electrons. The monoisotopic (exact) mass is 279 g/mol. The highest BCUT2D eigenvalue weighted by molar-refractivity contribution is 7.16. The number of likely N-dealkylation sites (N-methyl/N-ethyl adjacent to an activating group) is 1. The van der Waals surface area contributed by atoms with Crippen LogP contribution in [0, 0.1) is 0 Å². The fourth-order valence-electron chi connectivity index (χ4n) is 2.04. The summed E-state index contributed by atoms with van der Waals surface area (Å²) in [6.45, 7) is 0. The van der Waals surface area contributed by atoms with Gasteiger partial charge in [-0.1, -0.05) is 41.9 Å². The van der Waals surface area contributed by atoms with E-state index in [2.05, 4.69) is 41.7 Å². The van der Waals surface area contributed by atoms with Crippen LogP contribution >= 0.6 is 22.9 Å². The lowest BCUT2D eigenvalue weighted by atomic mass is 10.0. The number of rotatable bonds is 6. The summed E-state index contributed by atoms with van der Waals surface area (Å²) in [5.41, 5.74) is 1.40. The van der Waals surface area contributed by atoms with Gasteiger partial charge in [0.05, 0.1) is 4.34 Å². The molecule has 0 aliphatic carbocycles. The van der Waals surface area contributed by atoms with Crippen LogP contribution in [0.4, 0.5) is 0 Å². The van der Waals surface area contributed by atoms with Crippen LogP contribution in [0.5, 0.6) is 0 Å². The standard InChI is InChI=1S/C15H18ClNS/c1-17-13(11-14-9-10-15(16)18-14)8-7-12-5-3-2-4-6-12/h2-6,9-10,13,17H,7-8,11H2,1H3. The SMILES string of the molecule is CNC(CCc1ccccc1)Cc1ccc(Cl)s1. The minimum Gasteiger partial charge on any atom is -0.317 e. The van der Waals surface area contributed by atoms with E-state index in [1.54, 1.807) is 11.3 Å². The van der Waals surface area contributed by atoms with Gasteiger partial charge in [-0.15, -0.1) is 11.3 Å². The first-order valence-electron chi connectivity index (χ1n) is 6.23. The van der Waals surface area contributed by atoms with Crippen molar-refractivity contribution in [3.8, 4) is 0 Å². The van der Waals surface area contributed by atoms with Crippen molar-refractivity contribution in [2.45, 2.75) is 25.3 Å². The van der Waals surface area contributed by atoms with Gasteiger partial charge in [-0.25, -0.2) is 0 Å². The zero-order chi connectivity index (χ0) is 12.8. The Kier molecular flexibility index (Phi) is 5.24. The van der Waals surface area contributed by atoms with Crippen molar-refractivity contribution in [1.82, 2.24) is 5.32 Å². The van der Waals surface area contributed by atoms with Gasteiger partial charge in [-0.05, 0) is 44.0 Å². The number of benzene rings is 1. The van der Waals surface area contributed by atoms with Gasteiger partial charge in [-0.2, -0.15) is 0 Å². The third-order valence-corrected chi connectivity index (χ3v) is 4.36. The first kappa shape index (κ1) is 13.6. The van der Waals surface area contributed by atoms with Crippen LogP contribution in [0.2, 0.25) is 4.34 Å². The van der Waals surface area contributed by atoms with E-state index in [1.807, 2.05) is 13.1 Å². The Morgan fingerprint density at radius 3 is 2.56 bits per heavy atom. The highest BCUT2D eigenvalue weighted by atomic mass is 35.5. The molecule has 0 saturated heterocycles. The summed E-state index contributed by atoms with van der Waals surface area (Å²) in [6.07, 6.45) is 3.32. The van der Waals surface area contributed by atoms with Gasteiger partial charge >= 0.3 is 0 Å². The topological polar surface area (TPSA) is 12.0 Å². The molecule has 0 saturated carbocycles. The summed E-state index contributed by atoms with van der Waals surface area (Å²) in [5, 5.41) is 3.39. The zero-order valence-electron chi connectivity index (χ0n) is 10.5. The molecule has 0 aliphatic heterocycles. The van der Waals surface area contributed by atoms with E-state index in [1.165, 1.54) is 10.4 Å². The first-order valence-corrected chi connectivity index (χ1v) is 7.43. The molecule has 1 atom stereocenters. The van der Waals surface area contributed by atoms with Gasteiger partial charge in [0.2, 0.25) is 0 Å². The molecule has 2 rings (SSSR count). The minimum atomic E-state index is 0.514. The zero-order valence-corrected chi connectivity index (χ0v) is 12.1. The largest absolute Gasteiger partial charge is 0.317 e. The Balaban J connectivity index is 1.86. The van der Waals surface area contributed by atoms with E-state index in [0.717, 1.165) is 23.6 Å². The molecule has 0 aliphatic rings. The molecule has 0 spiro atoms. The molecule has 0 fully saturated rings. The van der Waals surface area contributed by atoms with Gasteiger partial charge in [-0.3, -0.25) is 0 Å². The number of thiophene rings is 1. The van der Waals surface area contributed by atoms with Gasteiger partial charge in [0.1, 0.15) is 0 Å². The summed E-state index contributed by atoms with van der Waals surface area (Å²) < 4.78 is 0.878. The Morgan fingerprint density at radius 2 is 1.94 bits per heavy atom. The number of hydrogen-bond acceptors (Lipinski definition) is 2. The number of hydrogen-bond donors (Lipinski definition) is 1. The van der Waals surface area contributed by atoms with E-state index in [-0.39, 0.29) is 0 Å². The third kappa shape index (κ3) is 4.13. The van der Waals surface area contributed by atoms with Crippen molar-refractivity contribution in [2.24, 2.45) is 0 Å². The van der Waals surface area contributed by atoms with Crippen molar-refractivity contribution >= 4 is 22.9 Å². The van der Waals surface area contributed by atoms with Gasteiger partial charge in [0.25, 0.3) is 0 Å². The summed E-state index contributed by atoms with van der Waals surface area (Å²) in [7, 11) is 2.03. The van der Waals surface area contributed by atoms with Crippen LogP contribution in [-0.2, 0) is 12.8 Å². The molecule has 1 heterocycles. The van der Waals surface area contributed by atoms with Crippen molar-refractivity contribution in [2.75, 3.05) is 7.05 Å². The average Bonchev–Trinajstić information content (AvgIpc) is 2.81. The predicted octanol–water partition coefficient (Wildman–Crippen LogP) is 4.16. The predicted molar refractivity (Wildman–Crippen MR) is 80.6 cm³/mol. The lowest BCUT2D eigenvalue weighted by Gasteiger charge is -2.15. The molecular weight excluding hydrogens is 262 g/mol. The van der Waals surface area contributed by atoms with Crippen molar-refractivity contribution in [3.63, 3.8) is 0 Å². The highest BCUT2D eigenvalue weighted by Crippen LogP contribution is 2.23. The molecule has 3 heteroatoms. The van der Waals surface area contributed by atoms with Crippen LogP contribution in [0.3, 0.4) is 0 Å².